The van der Waals surface area contributed by atoms with Crippen LogP contribution >= 0.6 is 11.8 Å². The molecule has 1 aromatic heterocycles. The molecule has 2 heterocycles. The SMILES string of the molecule is Cc1[nH]ccc1C(=O)N1CSC[C@@H]1C(=O)NCc1ccccc1. The maximum absolute atomic E-state index is 12.6. The number of nitrogens with zero attached hydrogens (tertiary/aromatic N) is 1. The van der Waals surface area contributed by atoms with Crippen LogP contribution < -0.4 is 5.32 Å². The molecule has 6 heteroatoms. The molecule has 2 amide bonds. The van der Waals surface area contributed by atoms with E-state index in [1.807, 2.05) is 37.3 Å². The van der Waals surface area contributed by atoms with Crippen molar-refractivity contribution in [2.24, 2.45) is 0 Å². The number of hydrogen-bond donors (Lipinski definition) is 2. The van der Waals surface area contributed by atoms with Gasteiger partial charge in [-0.25, -0.2) is 0 Å². The second kappa shape index (κ2) is 6.91. The number of H-pyrrole nitrogens is 1. The van der Waals surface area contributed by atoms with Crippen molar-refractivity contribution < 1.29 is 9.59 Å². The third-order valence-corrected chi connectivity index (χ3v) is 4.95. The molecule has 5 nitrogen and oxygen atoms in total. The Kier molecular flexibility index (Phi) is 4.71. The zero-order chi connectivity index (χ0) is 16.2. The molecule has 2 aromatic rings. The Morgan fingerprint density at radius 3 is 2.78 bits per heavy atom. The fraction of sp³-hybridized carbons (Fsp3) is 0.294. The van der Waals surface area contributed by atoms with E-state index in [2.05, 4.69) is 10.3 Å². The summed E-state index contributed by atoms with van der Waals surface area (Å²) in [4.78, 5) is 29.8. The van der Waals surface area contributed by atoms with E-state index >= 15 is 0 Å². The Labute approximate surface area is 139 Å². The van der Waals surface area contributed by atoms with E-state index in [0.717, 1.165) is 11.3 Å². The summed E-state index contributed by atoms with van der Waals surface area (Å²) < 4.78 is 0. The van der Waals surface area contributed by atoms with E-state index in [4.69, 9.17) is 0 Å². The van der Waals surface area contributed by atoms with Gasteiger partial charge >= 0.3 is 0 Å². The van der Waals surface area contributed by atoms with Crippen molar-refractivity contribution in [3.05, 3.63) is 59.4 Å². The lowest BCUT2D eigenvalue weighted by Crippen LogP contribution is -2.47. The number of aromatic nitrogens is 1. The van der Waals surface area contributed by atoms with Crippen LogP contribution in [0.15, 0.2) is 42.6 Å². The molecule has 23 heavy (non-hydrogen) atoms. The van der Waals surface area contributed by atoms with Gasteiger partial charge in [0.25, 0.3) is 5.91 Å². The smallest absolute Gasteiger partial charge is 0.257 e. The maximum atomic E-state index is 12.6. The van der Waals surface area contributed by atoms with Crippen LogP contribution in [-0.4, -0.2) is 39.4 Å². The van der Waals surface area contributed by atoms with Gasteiger partial charge in [0.2, 0.25) is 5.91 Å². The van der Waals surface area contributed by atoms with E-state index in [1.54, 1.807) is 28.9 Å². The summed E-state index contributed by atoms with van der Waals surface area (Å²) in [5, 5.41) is 2.93. The van der Waals surface area contributed by atoms with E-state index in [-0.39, 0.29) is 11.8 Å². The molecule has 1 aliphatic heterocycles. The van der Waals surface area contributed by atoms with Crippen LogP contribution in [-0.2, 0) is 11.3 Å². The highest BCUT2D eigenvalue weighted by Crippen LogP contribution is 2.24. The van der Waals surface area contributed by atoms with Gasteiger partial charge in [-0.1, -0.05) is 30.3 Å². The standard InChI is InChI=1S/C17H19N3O2S/c1-12-14(7-8-18-12)17(22)20-11-23-10-15(20)16(21)19-9-13-5-3-2-4-6-13/h2-8,15,18H,9-11H2,1H3,(H,19,21)/t15-/m1/s1. The van der Waals surface area contributed by atoms with Crippen molar-refractivity contribution in [3.63, 3.8) is 0 Å². The van der Waals surface area contributed by atoms with Gasteiger partial charge in [0, 0.05) is 24.2 Å². The van der Waals surface area contributed by atoms with Crippen LogP contribution in [0.4, 0.5) is 0 Å². The van der Waals surface area contributed by atoms with Gasteiger partial charge in [-0.15, -0.1) is 11.8 Å². The fourth-order valence-corrected chi connectivity index (χ4v) is 3.76. The van der Waals surface area contributed by atoms with E-state index in [0.29, 0.717) is 23.7 Å². The molecule has 2 N–H and O–H groups in total. The Morgan fingerprint density at radius 1 is 1.30 bits per heavy atom. The second-order valence-electron chi connectivity index (χ2n) is 5.51. The van der Waals surface area contributed by atoms with Crippen LogP contribution in [0.1, 0.15) is 21.6 Å². The Hall–Kier alpha value is -2.21. The van der Waals surface area contributed by atoms with E-state index < -0.39 is 6.04 Å². The predicted molar refractivity (Wildman–Crippen MR) is 91.1 cm³/mol. The predicted octanol–water partition coefficient (Wildman–Crippen LogP) is 2.15. The van der Waals surface area contributed by atoms with Gasteiger partial charge in [-0.05, 0) is 18.6 Å². The molecule has 1 saturated heterocycles. The summed E-state index contributed by atoms with van der Waals surface area (Å²) in [6, 6.07) is 11.1. The zero-order valence-corrected chi connectivity index (χ0v) is 13.7. The highest BCUT2D eigenvalue weighted by molar-refractivity contribution is 7.99. The van der Waals surface area contributed by atoms with Crippen LogP contribution in [0.25, 0.3) is 0 Å². The molecule has 1 aliphatic rings. The van der Waals surface area contributed by atoms with Crippen LogP contribution in [0.5, 0.6) is 0 Å². The number of benzene rings is 1. The number of carbonyl (C=O) groups excluding carboxylic acids is 2. The quantitative estimate of drug-likeness (QED) is 0.903. The number of hydrogen-bond acceptors (Lipinski definition) is 3. The molecule has 0 unspecified atom stereocenters. The minimum Gasteiger partial charge on any atom is -0.365 e. The molecular weight excluding hydrogens is 310 g/mol. The van der Waals surface area contributed by atoms with E-state index in [9.17, 15) is 9.59 Å². The van der Waals surface area contributed by atoms with Crippen molar-refractivity contribution >= 4 is 23.6 Å². The lowest BCUT2D eigenvalue weighted by Gasteiger charge is -2.23. The molecule has 1 aromatic carbocycles. The average molecular weight is 329 g/mol. The van der Waals surface area contributed by atoms with Gasteiger partial charge in [0.1, 0.15) is 6.04 Å². The minimum atomic E-state index is -0.412. The highest BCUT2D eigenvalue weighted by atomic mass is 32.2. The van der Waals surface area contributed by atoms with Crippen molar-refractivity contribution in [2.45, 2.75) is 19.5 Å². The zero-order valence-electron chi connectivity index (χ0n) is 12.9. The number of aromatic amines is 1. The lowest BCUT2D eigenvalue weighted by molar-refractivity contribution is -0.124. The number of nitrogens with one attached hydrogen (secondary N) is 2. The molecule has 0 bridgehead atoms. The van der Waals surface area contributed by atoms with Gasteiger partial charge in [0.15, 0.2) is 0 Å². The van der Waals surface area contributed by atoms with Gasteiger partial charge < -0.3 is 15.2 Å². The maximum Gasteiger partial charge on any atom is 0.257 e. The van der Waals surface area contributed by atoms with Crippen LogP contribution in [0, 0.1) is 6.92 Å². The lowest BCUT2D eigenvalue weighted by atomic mass is 10.2. The first-order valence-electron chi connectivity index (χ1n) is 7.51. The monoisotopic (exact) mass is 329 g/mol. The molecule has 3 rings (SSSR count). The summed E-state index contributed by atoms with van der Waals surface area (Å²) >= 11 is 1.61. The van der Waals surface area contributed by atoms with E-state index in [1.165, 1.54) is 0 Å². The van der Waals surface area contributed by atoms with Gasteiger partial charge in [0.05, 0.1) is 11.4 Å². The molecular formula is C17H19N3O2S. The second-order valence-corrected chi connectivity index (χ2v) is 6.51. The summed E-state index contributed by atoms with van der Waals surface area (Å²) in [6.07, 6.45) is 1.75. The van der Waals surface area contributed by atoms with Gasteiger partial charge in [-0.3, -0.25) is 9.59 Å². The van der Waals surface area contributed by atoms with Crippen molar-refractivity contribution in [2.75, 3.05) is 11.6 Å². The Bertz CT molecular complexity index is 699. The summed E-state index contributed by atoms with van der Waals surface area (Å²) in [6.45, 7) is 2.34. The first kappa shape index (κ1) is 15.7. The fourth-order valence-electron chi connectivity index (χ4n) is 2.60. The third-order valence-electron chi connectivity index (χ3n) is 3.94. The molecule has 0 spiro atoms. The summed E-state index contributed by atoms with van der Waals surface area (Å²) in [5.74, 6) is 0.997. The minimum absolute atomic E-state index is 0.0892. The summed E-state index contributed by atoms with van der Waals surface area (Å²) in [7, 11) is 0. The largest absolute Gasteiger partial charge is 0.365 e. The van der Waals surface area contributed by atoms with Crippen molar-refractivity contribution in [1.82, 2.24) is 15.2 Å². The molecule has 0 aliphatic carbocycles. The summed E-state index contributed by atoms with van der Waals surface area (Å²) in [5.41, 5.74) is 2.51. The highest BCUT2D eigenvalue weighted by Gasteiger charge is 2.35. The van der Waals surface area contributed by atoms with Gasteiger partial charge in [-0.2, -0.15) is 0 Å². The number of rotatable bonds is 4. The normalized spacial score (nSPS) is 17.3. The number of aryl methyl sites for hydroxylation is 1. The topological polar surface area (TPSA) is 65.2 Å². The average Bonchev–Trinajstić information content (AvgIpc) is 3.22. The van der Waals surface area contributed by atoms with Crippen LogP contribution in [0.2, 0.25) is 0 Å². The molecule has 1 fully saturated rings. The molecule has 120 valence electrons. The molecule has 1 atom stereocenters. The number of thioether (sulfide) groups is 1. The molecule has 0 saturated carbocycles. The molecule has 0 radical (unpaired) electrons. The third kappa shape index (κ3) is 3.42. The Morgan fingerprint density at radius 2 is 2.09 bits per heavy atom. The first-order valence-corrected chi connectivity index (χ1v) is 8.66. The number of carbonyl (C=O) groups is 2. The first-order chi connectivity index (χ1) is 11.2. The van der Waals surface area contributed by atoms with Crippen molar-refractivity contribution in [1.29, 1.82) is 0 Å². The van der Waals surface area contributed by atoms with Crippen molar-refractivity contribution in [3.8, 4) is 0 Å². The number of amides is 2. The Balaban J connectivity index is 1.65. The van der Waals surface area contributed by atoms with Crippen LogP contribution in [0.3, 0.4) is 0 Å².